The Labute approximate surface area is 202 Å². The van der Waals surface area contributed by atoms with Crippen LogP contribution in [0.4, 0.5) is 0 Å². The van der Waals surface area contributed by atoms with E-state index in [1.165, 1.54) is 27.0 Å². The number of aryl methyl sites for hydroxylation is 2. The summed E-state index contributed by atoms with van der Waals surface area (Å²) in [6.07, 6.45) is 8.71. The molecule has 0 fully saturated rings. The Bertz CT molecular complexity index is 1440. The number of benzene rings is 2. The van der Waals surface area contributed by atoms with E-state index in [9.17, 15) is 0 Å². The first kappa shape index (κ1) is 22.0. The molecule has 3 heterocycles. The SMILES string of the molecule is CCc1cc(C(C)c2ccncc2)c2nc(-c3cc(C)cc4nc(CSC)cnc34)sc2c1. The molecule has 0 radical (unpaired) electrons. The minimum atomic E-state index is 0.236. The Morgan fingerprint density at radius 2 is 1.85 bits per heavy atom. The number of aromatic nitrogens is 4. The highest BCUT2D eigenvalue weighted by molar-refractivity contribution is 7.97. The first-order valence-electron chi connectivity index (χ1n) is 11.2. The molecule has 2 aromatic carbocycles. The summed E-state index contributed by atoms with van der Waals surface area (Å²) >= 11 is 3.51. The number of thiazole rings is 1. The van der Waals surface area contributed by atoms with Crippen molar-refractivity contribution in [1.29, 1.82) is 0 Å². The molecule has 1 atom stereocenters. The fourth-order valence-corrected chi connectivity index (χ4v) is 5.80. The highest BCUT2D eigenvalue weighted by Crippen LogP contribution is 2.39. The monoisotopic (exact) mass is 470 g/mol. The molecule has 4 nitrogen and oxygen atoms in total. The number of thioether (sulfide) groups is 1. The smallest absolute Gasteiger partial charge is 0.126 e. The van der Waals surface area contributed by atoms with Crippen LogP contribution in [0.2, 0.25) is 0 Å². The summed E-state index contributed by atoms with van der Waals surface area (Å²) in [5, 5.41) is 1.00. The van der Waals surface area contributed by atoms with Gasteiger partial charge in [-0.2, -0.15) is 11.8 Å². The van der Waals surface area contributed by atoms with E-state index in [0.717, 1.165) is 45.0 Å². The highest BCUT2D eigenvalue weighted by Gasteiger charge is 2.19. The predicted molar refractivity (Wildman–Crippen MR) is 141 cm³/mol. The van der Waals surface area contributed by atoms with Crippen molar-refractivity contribution in [3.8, 4) is 10.6 Å². The Balaban J connectivity index is 1.70. The van der Waals surface area contributed by atoms with Crippen LogP contribution in [0.25, 0.3) is 31.8 Å². The van der Waals surface area contributed by atoms with Crippen molar-refractivity contribution in [3.63, 3.8) is 0 Å². The fraction of sp³-hybridized carbons (Fsp3) is 0.259. The van der Waals surface area contributed by atoms with Gasteiger partial charge in [0.15, 0.2) is 0 Å². The molecule has 33 heavy (non-hydrogen) atoms. The third-order valence-electron chi connectivity index (χ3n) is 6.03. The van der Waals surface area contributed by atoms with E-state index in [0.29, 0.717) is 0 Å². The van der Waals surface area contributed by atoms with Gasteiger partial charge in [0.25, 0.3) is 0 Å². The maximum Gasteiger partial charge on any atom is 0.126 e. The van der Waals surface area contributed by atoms with E-state index in [-0.39, 0.29) is 5.92 Å². The second-order valence-corrected chi connectivity index (χ2v) is 10.3. The zero-order valence-electron chi connectivity index (χ0n) is 19.3. The molecule has 0 saturated heterocycles. The van der Waals surface area contributed by atoms with Crippen LogP contribution in [-0.4, -0.2) is 26.2 Å². The van der Waals surface area contributed by atoms with E-state index < -0.39 is 0 Å². The molecule has 0 saturated carbocycles. The summed E-state index contributed by atoms with van der Waals surface area (Å²) in [5.74, 6) is 1.10. The van der Waals surface area contributed by atoms with Crippen LogP contribution in [0.15, 0.2) is 55.0 Å². The lowest BCUT2D eigenvalue weighted by Crippen LogP contribution is -1.99. The summed E-state index contributed by atoms with van der Waals surface area (Å²) in [6.45, 7) is 6.58. The molecule has 0 bridgehead atoms. The summed E-state index contributed by atoms with van der Waals surface area (Å²) in [5.41, 5.74) is 10.0. The molecule has 166 valence electrons. The number of rotatable bonds is 6. The van der Waals surface area contributed by atoms with Crippen LogP contribution in [-0.2, 0) is 12.2 Å². The van der Waals surface area contributed by atoms with Crippen LogP contribution in [0.1, 0.15) is 47.7 Å². The quantitative estimate of drug-likeness (QED) is 0.263. The number of hydrogen-bond acceptors (Lipinski definition) is 6. The first-order valence-corrected chi connectivity index (χ1v) is 13.4. The molecule has 6 heteroatoms. The Hall–Kier alpha value is -2.83. The van der Waals surface area contributed by atoms with Gasteiger partial charge in [0, 0.05) is 29.6 Å². The maximum absolute atomic E-state index is 5.19. The molecule has 3 aromatic heterocycles. The van der Waals surface area contributed by atoms with Gasteiger partial charge in [0.1, 0.15) is 5.01 Å². The Kier molecular flexibility index (Phi) is 6.13. The van der Waals surface area contributed by atoms with Gasteiger partial charge in [0.2, 0.25) is 0 Å². The molecule has 0 aliphatic rings. The average molecular weight is 471 g/mol. The van der Waals surface area contributed by atoms with Crippen LogP contribution in [0.3, 0.4) is 0 Å². The lowest BCUT2D eigenvalue weighted by Gasteiger charge is -2.14. The second-order valence-electron chi connectivity index (χ2n) is 8.38. The Morgan fingerprint density at radius 1 is 1.03 bits per heavy atom. The number of nitrogens with zero attached hydrogens (tertiary/aromatic N) is 4. The van der Waals surface area contributed by atoms with Crippen molar-refractivity contribution in [1.82, 2.24) is 19.9 Å². The van der Waals surface area contributed by atoms with Gasteiger partial charge >= 0.3 is 0 Å². The van der Waals surface area contributed by atoms with E-state index in [4.69, 9.17) is 15.0 Å². The van der Waals surface area contributed by atoms with E-state index in [1.54, 1.807) is 23.1 Å². The van der Waals surface area contributed by atoms with Gasteiger partial charge in [-0.05, 0) is 72.2 Å². The van der Waals surface area contributed by atoms with Crippen molar-refractivity contribution in [2.24, 2.45) is 0 Å². The van der Waals surface area contributed by atoms with Crippen LogP contribution in [0.5, 0.6) is 0 Å². The van der Waals surface area contributed by atoms with Crippen LogP contribution in [0, 0.1) is 6.92 Å². The highest BCUT2D eigenvalue weighted by atomic mass is 32.2. The third-order valence-corrected chi connectivity index (χ3v) is 7.65. The third kappa shape index (κ3) is 4.25. The molecule has 5 aromatic rings. The van der Waals surface area contributed by atoms with E-state index in [2.05, 4.69) is 68.4 Å². The summed E-state index contributed by atoms with van der Waals surface area (Å²) in [4.78, 5) is 19.1. The van der Waals surface area contributed by atoms with Gasteiger partial charge < -0.3 is 0 Å². The number of pyridine rings is 1. The zero-order valence-corrected chi connectivity index (χ0v) is 20.9. The topological polar surface area (TPSA) is 51.6 Å². The van der Waals surface area contributed by atoms with Crippen molar-refractivity contribution >= 4 is 44.3 Å². The van der Waals surface area contributed by atoms with Crippen molar-refractivity contribution in [2.75, 3.05) is 6.26 Å². The molecule has 0 amide bonds. The fourth-order valence-electron chi connectivity index (χ4n) is 4.28. The molecular weight excluding hydrogens is 444 g/mol. The molecule has 0 aliphatic heterocycles. The average Bonchev–Trinajstić information content (AvgIpc) is 3.27. The molecule has 0 aliphatic carbocycles. The largest absolute Gasteiger partial charge is 0.265 e. The van der Waals surface area contributed by atoms with Crippen LogP contribution < -0.4 is 0 Å². The molecule has 0 spiro atoms. The van der Waals surface area contributed by atoms with Gasteiger partial charge in [-0.3, -0.25) is 9.97 Å². The second kappa shape index (κ2) is 9.20. The summed E-state index contributed by atoms with van der Waals surface area (Å²) < 4.78 is 1.22. The lowest BCUT2D eigenvalue weighted by atomic mass is 9.91. The van der Waals surface area contributed by atoms with E-state index in [1.807, 2.05) is 18.6 Å². The van der Waals surface area contributed by atoms with Gasteiger partial charge in [0.05, 0.1) is 33.1 Å². The zero-order chi connectivity index (χ0) is 22.9. The van der Waals surface area contributed by atoms with Crippen molar-refractivity contribution < 1.29 is 0 Å². The molecule has 5 rings (SSSR count). The molecular formula is C27H26N4S2. The minimum absolute atomic E-state index is 0.236. The maximum atomic E-state index is 5.19. The molecule has 1 unspecified atom stereocenters. The van der Waals surface area contributed by atoms with Crippen molar-refractivity contribution in [2.45, 2.75) is 38.9 Å². The van der Waals surface area contributed by atoms with Gasteiger partial charge in [-0.1, -0.05) is 19.9 Å². The predicted octanol–water partition coefficient (Wildman–Crippen LogP) is 7.19. The van der Waals surface area contributed by atoms with Gasteiger partial charge in [-0.25, -0.2) is 9.97 Å². The van der Waals surface area contributed by atoms with Gasteiger partial charge in [-0.15, -0.1) is 11.3 Å². The lowest BCUT2D eigenvalue weighted by molar-refractivity contribution is 0.919. The number of hydrogen-bond donors (Lipinski definition) is 0. The summed E-state index contributed by atoms with van der Waals surface area (Å²) in [6, 6.07) is 13.1. The van der Waals surface area contributed by atoms with Crippen LogP contribution >= 0.6 is 23.1 Å². The van der Waals surface area contributed by atoms with E-state index >= 15 is 0 Å². The summed E-state index contributed by atoms with van der Waals surface area (Å²) in [7, 11) is 0. The molecule has 0 N–H and O–H groups in total. The first-order chi connectivity index (χ1) is 16.1. The standard InChI is InChI=1S/C27H26N4S2/c1-5-18-12-21(17(3)19-6-8-28-9-7-19)26-24(13-18)33-27(31-26)22-10-16(2)11-23-25(22)29-14-20(30-23)15-32-4/h6-14,17H,5,15H2,1-4H3. The number of fused-ring (bicyclic) bond motifs is 2. The Morgan fingerprint density at radius 3 is 2.61 bits per heavy atom. The minimum Gasteiger partial charge on any atom is -0.265 e. The normalized spacial score (nSPS) is 12.5. The van der Waals surface area contributed by atoms with Crippen molar-refractivity contribution in [3.05, 3.63) is 82.9 Å².